The highest BCUT2D eigenvalue weighted by Gasteiger charge is 2.32. The van der Waals surface area contributed by atoms with Crippen molar-refractivity contribution >= 4 is 35.8 Å². The molecule has 702 valence electrons. The summed E-state index contributed by atoms with van der Waals surface area (Å²) in [5, 5.41) is 69.6. The Hall–Kier alpha value is -12.4. The fourth-order valence-corrected chi connectivity index (χ4v) is 13.1. The van der Waals surface area contributed by atoms with Crippen LogP contribution < -0.4 is 28.4 Å². The van der Waals surface area contributed by atoms with E-state index in [0.717, 1.165) is 57.8 Å². The Morgan fingerprint density at radius 2 is 0.419 bits per heavy atom. The lowest BCUT2D eigenvalue weighted by molar-refractivity contribution is -0.156. The highest BCUT2D eigenvalue weighted by atomic mass is 16.6. The van der Waals surface area contributed by atoms with Crippen LogP contribution in [0.3, 0.4) is 0 Å². The Bertz CT molecular complexity index is 4600. The maximum atomic E-state index is 13.1. The number of carbonyl (C=O) groups excluding carboxylic acids is 6. The van der Waals surface area contributed by atoms with Gasteiger partial charge in [0.15, 0.2) is 71.6 Å². The van der Waals surface area contributed by atoms with E-state index in [1.165, 1.54) is 57.2 Å². The van der Waals surface area contributed by atoms with E-state index in [4.69, 9.17) is 86.0 Å². The van der Waals surface area contributed by atoms with Gasteiger partial charge < -0.3 is 102 Å². The smallest absolute Gasteiger partial charge is 0.347 e. The van der Waals surface area contributed by atoms with E-state index in [2.05, 4.69) is 35.7 Å². The highest BCUT2D eigenvalue weighted by molar-refractivity contribution is 5.83. The molecule has 33 nitrogen and oxygen atoms in total. The predicted molar refractivity (Wildman–Crippen MR) is 479 cm³/mol. The molecular formula is C96H126N6O27. The van der Waals surface area contributed by atoms with E-state index in [1.54, 1.807) is 119 Å². The van der Waals surface area contributed by atoms with Crippen LogP contribution >= 0.6 is 0 Å². The minimum absolute atomic E-state index is 0.0396. The first kappa shape index (κ1) is 104. The zero-order valence-electron chi connectivity index (χ0n) is 77.8. The third-order valence-corrected chi connectivity index (χ3v) is 20.8. The maximum absolute atomic E-state index is 13.1. The van der Waals surface area contributed by atoms with Gasteiger partial charge in [-0.15, -0.1) is 0 Å². The molecule has 0 saturated carbocycles. The number of ether oxygens (including phenoxy) is 15. The van der Waals surface area contributed by atoms with Gasteiger partial charge in [-0.25, -0.2) is 58.7 Å². The summed E-state index contributed by atoms with van der Waals surface area (Å²) in [6, 6.07) is 18.3. The topological polar surface area (TPSA) is 440 Å². The van der Waals surface area contributed by atoms with Gasteiger partial charge in [0.05, 0.1) is 71.5 Å². The van der Waals surface area contributed by atoms with Crippen LogP contribution in [0.2, 0.25) is 0 Å². The van der Waals surface area contributed by atoms with E-state index < -0.39 is 72.4 Å². The van der Waals surface area contributed by atoms with Crippen molar-refractivity contribution in [2.75, 3.05) is 59.5 Å². The molecule has 2 aromatic heterocycles. The number of esters is 6. The van der Waals surface area contributed by atoms with Crippen LogP contribution in [-0.4, -0.2) is 211 Å². The first-order valence-electron chi connectivity index (χ1n) is 43.9. The van der Waals surface area contributed by atoms with Gasteiger partial charge in [0.1, 0.15) is 88.8 Å². The van der Waals surface area contributed by atoms with E-state index in [-0.39, 0.29) is 229 Å². The second kappa shape index (κ2) is 50.4. The summed E-state index contributed by atoms with van der Waals surface area (Å²) in [6.07, 6.45) is 1.26. The number of hydrogen-bond donors (Lipinski definition) is 6. The van der Waals surface area contributed by atoms with Gasteiger partial charge >= 0.3 is 35.8 Å². The van der Waals surface area contributed by atoms with E-state index in [9.17, 15) is 59.4 Å². The number of aromatic nitrogens is 6. The Balaban J connectivity index is 0.000000372. The second-order valence-corrected chi connectivity index (χ2v) is 30.5. The maximum Gasteiger partial charge on any atom is 0.347 e. The van der Waals surface area contributed by atoms with Crippen molar-refractivity contribution in [3.8, 4) is 137 Å². The molecule has 8 rings (SSSR count). The van der Waals surface area contributed by atoms with Crippen molar-refractivity contribution in [1.29, 1.82) is 0 Å². The molecule has 0 aliphatic heterocycles. The fourth-order valence-electron chi connectivity index (χ4n) is 13.1. The first-order chi connectivity index (χ1) is 61.5. The summed E-state index contributed by atoms with van der Waals surface area (Å²) in [4.78, 5) is 104. The molecule has 0 amide bonds. The number of hydrogen-bond acceptors (Lipinski definition) is 33. The standard InChI is InChI=1S/C57H81N3O15.C39H45N3O12/c1-13-19-22-40(67-16-4)31-70-55(64)37(10)73-46-28-25-43(49(61)34(46)7)52-58-53(44-26-29-47(35(8)50(44)62)74-38(11)56(65)71-32-41(68-17-5)23-20-14-2)60-54(59-52)45-27-30-48(36(9)51(45)63)75-39(12)57(66)72-33-42(69-18-6)24-21-15-3;1-10-49-37(46)22(7)52-28-16-13-25(31(43)19(28)4)34-40-35(26-14-17-29(20(5)32(26)44)53-23(8)38(47)50-11-2)42-36(41-34)27-15-18-30(21(6)33(27)45)54-24(9)39(48)51-12-3/h25-30,37-42,61-63H,13-24,31-33H2,1-12H3;13-18,22-24,43-45H,10-12H2,1-9H3. The third kappa shape index (κ3) is 28.1. The summed E-state index contributed by atoms with van der Waals surface area (Å²) in [5.41, 5.74) is 2.44. The molecule has 0 radical (unpaired) electrons. The van der Waals surface area contributed by atoms with Crippen LogP contribution in [-0.2, 0) is 71.4 Å². The van der Waals surface area contributed by atoms with E-state index in [0.29, 0.717) is 19.8 Å². The number of rotatable bonds is 48. The Morgan fingerprint density at radius 1 is 0.256 bits per heavy atom. The molecule has 9 atom stereocenters. The molecule has 0 spiro atoms. The van der Waals surface area contributed by atoms with Gasteiger partial charge in [0.25, 0.3) is 0 Å². The monoisotopic (exact) mass is 1790 g/mol. The normalized spacial score (nSPS) is 13.3. The van der Waals surface area contributed by atoms with Crippen LogP contribution in [0.1, 0.15) is 195 Å². The predicted octanol–water partition coefficient (Wildman–Crippen LogP) is 16.5. The quantitative estimate of drug-likeness (QED) is 0.0152. The average Bonchev–Trinajstić information content (AvgIpc) is 0.770. The number of phenolic OH excluding ortho intramolecular Hbond substituents is 6. The van der Waals surface area contributed by atoms with Gasteiger partial charge in [0, 0.05) is 53.2 Å². The molecule has 2 heterocycles. The number of aromatic hydroxyl groups is 6. The molecule has 33 heteroatoms. The SMILES string of the molecule is CCCCC(COC(=O)C(C)Oc1ccc(-c2nc(-c3ccc(OC(C)C(=O)OCC(CCCC)OCC)c(C)c3O)nc(-c3ccc(OC(C)C(=O)OCC(CCCC)OCC)c(C)c3O)n2)c(O)c1C)OCC.CCOC(=O)C(C)Oc1ccc(-c2nc(-c3ccc(OC(C)C(=O)OCC)c(C)c3O)nc(-c3ccc(OC(C)C(=O)OCC)c(C)c3O)n2)c(O)c1C. The summed E-state index contributed by atoms with van der Waals surface area (Å²) in [5.74, 6) is -4.20. The van der Waals surface area contributed by atoms with Crippen molar-refractivity contribution in [3.63, 3.8) is 0 Å². The third-order valence-electron chi connectivity index (χ3n) is 20.8. The highest BCUT2D eigenvalue weighted by Crippen LogP contribution is 2.46. The number of unbranched alkanes of at least 4 members (excludes halogenated alkanes) is 3. The molecule has 6 N–H and O–H groups in total. The average molecular weight is 1800 g/mol. The van der Waals surface area contributed by atoms with Crippen LogP contribution in [0.25, 0.3) is 68.3 Å². The summed E-state index contributed by atoms with van der Waals surface area (Å²) in [6.45, 7) is 38.0. The molecule has 0 bridgehead atoms. The molecule has 0 aliphatic carbocycles. The second-order valence-electron chi connectivity index (χ2n) is 30.5. The Kier molecular flexibility index (Phi) is 40.5. The molecule has 9 unspecified atom stereocenters. The lowest BCUT2D eigenvalue weighted by Crippen LogP contribution is -2.30. The first-order valence-corrected chi connectivity index (χ1v) is 43.9. The van der Waals surface area contributed by atoms with Gasteiger partial charge in [-0.3, -0.25) is 0 Å². The largest absolute Gasteiger partial charge is 0.507 e. The van der Waals surface area contributed by atoms with Gasteiger partial charge in [-0.1, -0.05) is 59.3 Å². The van der Waals surface area contributed by atoms with Crippen molar-refractivity contribution in [1.82, 2.24) is 29.9 Å². The molecule has 8 aromatic rings. The zero-order valence-corrected chi connectivity index (χ0v) is 77.8. The van der Waals surface area contributed by atoms with E-state index >= 15 is 0 Å². The molecule has 0 fully saturated rings. The summed E-state index contributed by atoms with van der Waals surface area (Å²) in [7, 11) is 0. The lowest BCUT2D eigenvalue weighted by atomic mass is 10.0. The van der Waals surface area contributed by atoms with Crippen LogP contribution in [0.5, 0.6) is 69.0 Å². The zero-order chi connectivity index (χ0) is 95.0. The molecule has 0 aliphatic rings. The summed E-state index contributed by atoms with van der Waals surface area (Å²) < 4.78 is 84.3. The number of nitrogens with zero attached hydrogens (tertiary/aromatic N) is 6. The van der Waals surface area contributed by atoms with Crippen LogP contribution in [0.15, 0.2) is 72.8 Å². The number of phenols is 6. The van der Waals surface area contributed by atoms with Gasteiger partial charge in [0.2, 0.25) is 0 Å². The van der Waals surface area contributed by atoms with E-state index in [1.807, 2.05) is 20.8 Å². The van der Waals surface area contributed by atoms with Gasteiger partial charge in [-0.05, 0) is 217 Å². The minimum Gasteiger partial charge on any atom is -0.507 e. The minimum atomic E-state index is -1.04. The Labute approximate surface area is 753 Å². The van der Waals surface area contributed by atoms with Crippen LogP contribution in [0, 0.1) is 41.5 Å². The molecule has 0 saturated heterocycles. The number of benzene rings is 6. The van der Waals surface area contributed by atoms with Crippen molar-refractivity contribution in [2.45, 2.75) is 258 Å². The number of carbonyl (C=O) groups is 6. The molecule has 6 aromatic carbocycles. The summed E-state index contributed by atoms with van der Waals surface area (Å²) >= 11 is 0. The lowest BCUT2D eigenvalue weighted by Gasteiger charge is -2.21. The molecule has 129 heavy (non-hydrogen) atoms. The van der Waals surface area contributed by atoms with Crippen LogP contribution in [0.4, 0.5) is 0 Å². The Morgan fingerprint density at radius 3 is 0.566 bits per heavy atom. The molecular weight excluding hydrogens is 1670 g/mol. The van der Waals surface area contributed by atoms with Crippen molar-refractivity contribution in [3.05, 3.63) is 106 Å². The fraction of sp³-hybridized carbons (Fsp3) is 0.500. The van der Waals surface area contributed by atoms with Gasteiger partial charge in [-0.2, -0.15) is 0 Å². The van der Waals surface area contributed by atoms with Crippen molar-refractivity contribution < 1.29 is 130 Å². The van der Waals surface area contributed by atoms with Crippen molar-refractivity contribution in [2.24, 2.45) is 0 Å².